The first-order chi connectivity index (χ1) is 17.3. The predicted molar refractivity (Wildman–Crippen MR) is 133 cm³/mol. The molecule has 2 radical (unpaired) electrons. The third-order valence-corrected chi connectivity index (χ3v) is 9.09. The van der Waals surface area contributed by atoms with Crippen LogP contribution in [0.15, 0.2) is 47.4 Å². The lowest BCUT2D eigenvalue weighted by Gasteiger charge is -2.58. The molecule has 37 heavy (non-hydrogen) atoms. The number of carbonyl (C=O) groups excluding carboxylic acids is 3. The molecule has 3 amide bonds. The zero-order valence-corrected chi connectivity index (χ0v) is 22.1. The van der Waals surface area contributed by atoms with Gasteiger partial charge in [-0.3, -0.25) is 14.4 Å². The summed E-state index contributed by atoms with van der Waals surface area (Å²) in [5.41, 5.74) is 4.14. The Kier molecular flexibility index (Phi) is 7.28. The van der Waals surface area contributed by atoms with Gasteiger partial charge in [0.15, 0.2) is 0 Å². The first kappa shape index (κ1) is 27.3. The summed E-state index contributed by atoms with van der Waals surface area (Å²) in [4.78, 5) is 41.7. The number of carbonyl (C=O) groups is 3. The van der Waals surface area contributed by atoms with Crippen LogP contribution in [0.3, 0.4) is 0 Å². The largest absolute Gasteiger partial charge is 0.366 e. The third kappa shape index (κ3) is 4.58. The molecule has 196 valence electrons. The molecule has 2 aromatic carbocycles. The number of nitrogens with two attached hydrogens (primary N) is 1. The molecular formula is C24H23Cl2FN4O5S. The van der Waals surface area contributed by atoms with Gasteiger partial charge in [0.1, 0.15) is 16.8 Å². The van der Waals surface area contributed by atoms with Gasteiger partial charge in [0.05, 0.1) is 18.0 Å². The van der Waals surface area contributed by atoms with E-state index in [0.717, 1.165) is 17.0 Å². The molecule has 2 heterocycles. The molecule has 4 rings (SSSR count). The van der Waals surface area contributed by atoms with Gasteiger partial charge in [-0.2, -0.15) is 4.31 Å². The van der Waals surface area contributed by atoms with Gasteiger partial charge >= 0.3 is 0 Å². The van der Waals surface area contributed by atoms with Crippen LogP contribution in [-0.4, -0.2) is 71.1 Å². The van der Waals surface area contributed by atoms with Crippen molar-refractivity contribution in [3.63, 3.8) is 0 Å². The normalized spacial score (nSPS) is 22.9. The zero-order valence-electron chi connectivity index (χ0n) is 19.8. The molecule has 13 heteroatoms. The molecule has 2 aliphatic rings. The Morgan fingerprint density at radius 2 is 1.84 bits per heavy atom. The highest BCUT2D eigenvalue weighted by molar-refractivity contribution is 7.89. The molecule has 9 nitrogen and oxygen atoms in total. The number of fused-ring (bicyclic) bond motifs is 1. The minimum absolute atomic E-state index is 0.0592. The Bertz CT molecular complexity index is 1370. The first-order valence-electron chi connectivity index (χ1n) is 11.2. The van der Waals surface area contributed by atoms with E-state index in [0.29, 0.717) is 21.0 Å². The number of primary amides is 1. The second-order valence-corrected chi connectivity index (χ2v) is 11.7. The van der Waals surface area contributed by atoms with Crippen LogP contribution < -0.4 is 5.73 Å². The number of sulfonamides is 1. The van der Waals surface area contributed by atoms with E-state index in [9.17, 15) is 27.2 Å². The molecular weight excluding hydrogens is 546 g/mol. The molecule has 0 bridgehead atoms. The van der Waals surface area contributed by atoms with E-state index in [1.54, 1.807) is 38.1 Å². The average molecular weight is 569 g/mol. The van der Waals surface area contributed by atoms with Gasteiger partial charge in [-0.05, 0) is 49.7 Å². The summed E-state index contributed by atoms with van der Waals surface area (Å²) in [5, 5.41) is 0.156. The molecule has 2 fully saturated rings. The van der Waals surface area contributed by atoms with E-state index in [2.05, 4.69) is 6.42 Å². The Balaban J connectivity index is 1.93. The summed E-state index contributed by atoms with van der Waals surface area (Å²) in [7, 11) is -4.73. The van der Waals surface area contributed by atoms with Crippen molar-refractivity contribution in [2.75, 3.05) is 13.1 Å². The molecule has 2 N–H and O–H groups in total. The molecule has 0 aliphatic carbocycles. The minimum atomic E-state index is -4.73. The molecule has 0 saturated carbocycles. The maximum absolute atomic E-state index is 14.1. The van der Waals surface area contributed by atoms with Crippen LogP contribution >= 0.6 is 23.2 Å². The van der Waals surface area contributed by atoms with Crippen molar-refractivity contribution < 1.29 is 27.2 Å². The topological polar surface area (TPSA) is 121 Å². The predicted octanol–water partition coefficient (Wildman–Crippen LogP) is 2.09. The molecule has 0 spiro atoms. The zero-order chi connectivity index (χ0) is 27.3. The summed E-state index contributed by atoms with van der Waals surface area (Å²) in [6.07, 6.45) is 2.35. The second-order valence-electron chi connectivity index (χ2n) is 9.03. The van der Waals surface area contributed by atoms with E-state index in [4.69, 9.17) is 28.9 Å². The highest BCUT2D eigenvalue weighted by Gasteiger charge is 2.64. The smallest absolute Gasteiger partial charge is 0.261 e. The number of nitrogens with zero attached hydrogens (tertiary/aromatic N) is 3. The SMILES string of the molecule is CC(C)N1CC2(C(N)=O)N(C(=O)[C]CN2S(=O)(=O)c2cc(F)ccc2Cl)C(Cc2ccc(Cl)cc2)C1=O. The van der Waals surface area contributed by atoms with Crippen LogP contribution in [0.5, 0.6) is 0 Å². The van der Waals surface area contributed by atoms with Crippen LogP contribution in [0, 0.1) is 12.2 Å². The molecule has 0 aromatic heterocycles. The van der Waals surface area contributed by atoms with E-state index in [1.165, 1.54) is 4.90 Å². The number of hydrogen-bond donors (Lipinski definition) is 1. The molecule has 2 atom stereocenters. The third-order valence-electron chi connectivity index (χ3n) is 6.50. The Morgan fingerprint density at radius 3 is 2.43 bits per heavy atom. The number of halogens is 3. The lowest BCUT2D eigenvalue weighted by Crippen LogP contribution is -2.83. The quantitative estimate of drug-likeness (QED) is 0.572. The summed E-state index contributed by atoms with van der Waals surface area (Å²) in [5.74, 6) is -3.42. The van der Waals surface area contributed by atoms with Crippen molar-refractivity contribution in [1.29, 1.82) is 0 Å². The standard InChI is InChI=1S/C24H23Cl2FN4O5S/c1-14(2)29-13-24(23(28)34)30(37(35,36)20-12-17(27)7-8-18(20)26)10-9-21(32)31(24)19(22(29)33)11-15-3-5-16(25)6-4-15/h3-8,12,14,19H,10-11,13H2,1-2H3,(H2,28,34). The number of benzene rings is 2. The fraction of sp³-hybridized carbons (Fsp3) is 0.333. The fourth-order valence-corrected chi connectivity index (χ4v) is 6.89. The van der Waals surface area contributed by atoms with E-state index < -0.39 is 69.3 Å². The van der Waals surface area contributed by atoms with Crippen molar-refractivity contribution in [3.05, 3.63) is 70.3 Å². The van der Waals surface area contributed by atoms with Gasteiger partial charge < -0.3 is 15.5 Å². The van der Waals surface area contributed by atoms with Gasteiger partial charge in [-0.1, -0.05) is 35.3 Å². The summed E-state index contributed by atoms with van der Waals surface area (Å²) in [6.45, 7) is 2.18. The van der Waals surface area contributed by atoms with Crippen molar-refractivity contribution in [2.24, 2.45) is 5.73 Å². The number of rotatable bonds is 6. The second kappa shape index (κ2) is 9.86. The van der Waals surface area contributed by atoms with Crippen molar-refractivity contribution in [3.8, 4) is 0 Å². The Morgan fingerprint density at radius 1 is 1.19 bits per heavy atom. The van der Waals surface area contributed by atoms with E-state index >= 15 is 0 Å². The number of hydrogen-bond acceptors (Lipinski definition) is 5. The van der Waals surface area contributed by atoms with Gasteiger partial charge in [0.25, 0.3) is 5.91 Å². The van der Waals surface area contributed by atoms with Gasteiger partial charge in [-0.25, -0.2) is 12.8 Å². The monoisotopic (exact) mass is 568 g/mol. The summed E-state index contributed by atoms with van der Waals surface area (Å²) >= 11 is 12.1. The van der Waals surface area contributed by atoms with Crippen LogP contribution in [0.1, 0.15) is 19.4 Å². The lowest BCUT2D eigenvalue weighted by molar-refractivity contribution is -0.182. The maximum atomic E-state index is 14.1. The van der Waals surface area contributed by atoms with E-state index in [1.807, 2.05) is 0 Å². The first-order valence-corrected chi connectivity index (χ1v) is 13.4. The molecule has 2 aromatic rings. The van der Waals surface area contributed by atoms with Crippen LogP contribution in [0.25, 0.3) is 0 Å². The fourth-order valence-electron chi connectivity index (χ4n) is 4.67. The van der Waals surface area contributed by atoms with Crippen LogP contribution in [0.4, 0.5) is 4.39 Å². The Labute approximate surface area is 223 Å². The van der Waals surface area contributed by atoms with Gasteiger partial charge in [0.2, 0.25) is 27.5 Å². The summed E-state index contributed by atoms with van der Waals surface area (Å²) in [6, 6.07) is 7.49. The Hall–Kier alpha value is -2.73. The lowest BCUT2D eigenvalue weighted by atomic mass is 9.90. The van der Waals surface area contributed by atoms with Gasteiger partial charge in [0, 0.05) is 24.0 Å². The number of piperazine rings is 1. The van der Waals surface area contributed by atoms with Crippen LogP contribution in [-0.2, 0) is 30.8 Å². The van der Waals surface area contributed by atoms with E-state index in [-0.39, 0.29) is 11.4 Å². The number of amides is 3. The highest BCUT2D eigenvalue weighted by atomic mass is 35.5. The van der Waals surface area contributed by atoms with Gasteiger partial charge in [-0.15, -0.1) is 0 Å². The molecule has 2 unspecified atom stereocenters. The minimum Gasteiger partial charge on any atom is -0.366 e. The molecule has 2 aliphatic heterocycles. The van der Waals surface area contributed by atoms with Crippen molar-refractivity contribution in [1.82, 2.24) is 14.1 Å². The maximum Gasteiger partial charge on any atom is 0.261 e. The molecule has 2 saturated heterocycles. The van der Waals surface area contributed by atoms with Crippen molar-refractivity contribution in [2.45, 2.75) is 42.9 Å². The summed E-state index contributed by atoms with van der Waals surface area (Å²) < 4.78 is 42.5. The van der Waals surface area contributed by atoms with Crippen LogP contribution in [0.2, 0.25) is 10.0 Å². The van der Waals surface area contributed by atoms with Crippen molar-refractivity contribution >= 4 is 50.9 Å². The highest BCUT2D eigenvalue weighted by Crippen LogP contribution is 2.40. The average Bonchev–Trinajstić information content (AvgIpc) is 2.83.